The number of benzene rings is 1. The Hall–Kier alpha value is -2.21. The van der Waals surface area contributed by atoms with Gasteiger partial charge in [0.1, 0.15) is 5.60 Å². The van der Waals surface area contributed by atoms with E-state index in [4.69, 9.17) is 4.74 Å². The van der Waals surface area contributed by atoms with E-state index in [-0.39, 0.29) is 11.5 Å². The van der Waals surface area contributed by atoms with Gasteiger partial charge in [0.2, 0.25) is 0 Å². The molecule has 1 heterocycles. The number of esters is 1. The highest BCUT2D eigenvalue weighted by molar-refractivity contribution is 5.89. The fraction of sp³-hybridized carbons (Fsp3) is 0.550. The molecule has 0 bridgehead atoms. The van der Waals surface area contributed by atoms with Crippen molar-refractivity contribution in [3.05, 3.63) is 39.8 Å². The van der Waals surface area contributed by atoms with E-state index in [1.807, 2.05) is 51.9 Å². The Labute approximate surface area is 153 Å². The third kappa shape index (κ3) is 3.38. The maximum absolute atomic E-state index is 12.9. The van der Waals surface area contributed by atoms with Gasteiger partial charge < -0.3 is 9.64 Å². The van der Waals surface area contributed by atoms with Crippen LogP contribution in [0, 0.1) is 0 Å². The van der Waals surface area contributed by atoms with Gasteiger partial charge in [-0.15, -0.1) is 0 Å². The van der Waals surface area contributed by atoms with Crippen molar-refractivity contribution in [2.75, 3.05) is 14.1 Å². The van der Waals surface area contributed by atoms with Crippen LogP contribution in [-0.4, -0.2) is 40.8 Å². The summed E-state index contributed by atoms with van der Waals surface area (Å²) in [5.74, 6) is -0.178. The number of hydrogen-bond donors (Lipinski definition) is 1. The molecule has 0 amide bonds. The van der Waals surface area contributed by atoms with Gasteiger partial charge in [-0.2, -0.15) is 5.10 Å². The van der Waals surface area contributed by atoms with Gasteiger partial charge in [0.25, 0.3) is 5.56 Å². The third-order valence-electron chi connectivity index (χ3n) is 4.88. The molecule has 1 saturated carbocycles. The quantitative estimate of drug-likeness (QED) is 0.852. The van der Waals surface area contributed by atoms with Gasteiger partial charge in [0.05, 0.1) is 16.5 Å². The minimum atomic E-state index is -0.612. The zero-order chi connectivity index (χ0) is 19.1. The summed E-state index contributed by atoms with van der Waals surface area (Å²) in [6, 6.07) is 5.65. The van der Waals surface area contributed by atoms with Gasteiger partial charge in [0.15, 0.2) is 0 Å². The summed E-state index contributed by atoms with van der Waals surface area (Å²) in [4.78, 5) is 27.1. The van der Waals surface area contributed by atoms with Crippen molar-refractivity contribution in [3.63, 3.8) is 0 Å². The molecule has 6 heteroatoms. The monoisotopic (exact) mass is 357 g/mol. The van der Waals surface area contributed by atoms with E-state index < -0.39 is 11.0 Å². The van der Waals surface area contributed by atoms with Crippen molar-refractivity contribution in [1.82, 2.24) is 15.1 Å². The van der Waals surface area contributed by atoms with E-state index in [2.05, 4.69) is 10.2 Å². The summed E-state index contributed by atoms with van der Waals surface area (Å²) in [5.41, 5.74) is 0.363. The molecule has 1 N–H and O–H groups in total. The topological polar surface area (TPSA) is 75.3 Å². The molecule has 1 aromatic carbocycles. The van der Waals surface area contributed by atoms with Crippen LogP contribution in [0.25, 0.3) is 10.8 Å². The molecule has 6 nitrogen and oxygen atoms in total. The Kier molecular flexibility index (Phi) is 4.65. The second-order valence-electron chi connectivity index (χ2n) is 8.44. The molecule has 26 heavy (non-hydrogen) atoms. The molecule has 0 radical (unpaired) electrons. The van der Waals surface area contributed by atoms with Crippen LogP contribution < -0.4 is 5.56 Å². The first-order chi connectivity index (χ1) is 12.1. The van der Waals surface area contributed by atoms with Crippen molar-refractivity contribution in [3.8, 4) is 0 Å². The highest BCUT2D eigenvalue weighted by Gasteiger charge is 2.48. The van der Waals surface area contributed by atoms with E-state index >= 15 is 0 Å². The Morgan fingerprint density at radius 3 is 2.50 bits per heavy atom. The van der Waals surface area contributed by atoms with E-state index in [0.717, 1.165) is 35.9 Å². The number of H-pyrrole nitrogens is 1. The van der Waals surface area contributed by atoms with Crippen molar-refractivity contribution in [1.29, 1.82) is 0 Å². The lowest BCUT2D eigenvalue weighted by atomic mass is 9.64. The second kappa shape index (κ2) is 6.50. The summed E-state index contributed by atoms with van der Waals surface area (Å²) >= 11 is 0. The van der Waals surface area contributed by atoms with Gasteiger partial charge in [0, 0.05) is 11.9 Å². The molecule has 140 valence electrons. The molecule has 1 fully saturated rings. The molecule has 1 aliphatic carbocycles. The van der Waals surface area contributed by atoms with Crippen molar-refractivity contribution >= 4 is 16.7 Å². The zero-order valence-electron chi connectivity index (χ0n) is 16.2. The molecule has 0 saturated heterocycles. The number of nitrogens with zero attached hydrogens (tertiary/aromatic N) is 2. The maximum atomic E-state index is 12.9. The standard InChI is InChI=1S/C20H27N3O3/c1-19(2,3)26-18(25)20(9-6-10-20)13-7-8-14-15(11-13)16(12-23(4)5)21-22-17(14)24/h7-8,11H,6,9-10,12H2,1-5H3,(H,22,24). The van der Waals surface area contributed by atoms with Crippen LogP contribution in [0.4, 0.5) is 0 Å². The predicted molar refractivity (Wildman–Crippen MR) is 101 cm³/mol. The third-order valence-corrected chi connectivity index (χ3v) is 4.88. The number of nitrogens with one attached hydrogen (secondary N) is 1. The average molecular weight is 357 g/mol. The summed E-state index contributed by atoms with van der Waals surface area (Å²) in [7, 11) is 3.91. The molecule has 1 aromatic heterocycles. The lowest BCUT2D eigenvalue weighted by molar-refractivity contribution is -0.166. The maximum Gasteiger partial charge on any atom is 0.317 e. The van der Waals surface area contributed by atoms with Crippen LogP contribution in [0.5, 0.6) is 0 Å². The van der Waals surface area contributed by atoms with Crippen LogP contribution >= 0.6 is 0 Å². The highest BCUT2D eigenvalue weighted by Crippen LogP contribution is 2.46. The smallest absolute Gasteiger partial charge is 0.317 e. The lowest BCUT2D eigenvalue weighted by Gasteiger charge is -2.41. The van der Waals surface area contributed by atoms with Crippen LogP contribution in [0.3, 0.4) is 0 Å². The van der Waals surface area contributed by atoms with Gasteiger partial charge >= 0.3 is 5.97 Å². The lowest BCUT2D eigenvalue weighted by Crippen LogP contribution is -2.46. The van der Waals surface area contributed by atoms with Crippen molar-refractivity contribution in [2.24, 2.45) is 0 Å². The first kappa shape index (κ1) is 18.6. The number of aromatic nitrogens is 2. The Morgan fingerprint density at radius 2 is 1.96 bits per heavy atom. The molecular formula is C20H27N3O3. The normalized spacial score (nSPS) is 16.5. The first-order valence-corrected chi connectivity index (χ1v) is 9.02. The van der Waals surface area contributed by atoms with Gasteiger partial charge in [-0.25, -0.2) is 5.10 Å². The van der Waals surface area contributed by atoms with Gasteiger partial charge in [-0.3, -0.25) is 9.59 Å². The predicted octanol–water partition coefficient (Wildman–Crippen LogP) is 2.75. The molecule has 2 aromatic rings. The number of carbonyl (C=O) groups excluding carboxylic acids is 1. The highest BCUT2D eigenvalue weighted by atomic mass is 16.6. The van der Waals surface area contributed by atoms with E-state index in [1.54, 1.807) is 6.07 Å². The summed E-state index contributed by atoms with van der Waals surface area (Å²) in [5, 5.41) is 8.18. The fourth-order valence-corrected chi connectivity index (χ4v) is 3.45. The Bertz CT molecular complexity index is 889. The molecule has 0 atom stereocenters. The summed E-state index contributed by atoms with van der Waals surface area (Å²) < 4.78 is 5.70. The fourth-order valence-electron chi connectivity index (χ4n) is 3.45. The summed E-state index contributed by atoms with van der Waals surface area (Å²) in [6.45, 7) is 6.26. The van der Waals surface area contributed by atoms with E-state index in [9.17, 15) is 9.59 Å². The largest absolute Gasteiger partial charge is 0.459 e. The number of aromatic amines is 1. The minimum Gasteiger partial charge on any atom is -0.459 e. The minimum absolute atomic E-state index is 0.178. The molecule has 3 rings (SSSR count). The van der Waals surface area contributed by atoms with Crippen LogP contribution in [-0.2, 0) is 21.5 Å². The number of ether oxygens (including phenoxy) is 1. The van der Waals surface area contributed by atoms with E-state index in [0.29, 0.717) is 11.9 Å². The van der Waals surface area contributed by atoms with Crippen LogP contribution in [0.2, 0.25) is 0 Å². The van der Waals surface area contributed by atoms with Crippen LogP contribution in [0.1, 0.15) is 51.3 Å². The number of hydrogen-bond acceptors (Lipinski definition) is 5. The number of carbonyl (C=O) groups is 1. The van der Waals surface area contributed by atoms with Crippen LogP contribution in [0.15, 0.2) is 23.0 Å². The first-order valence-electron chi connectivity index (χ1n) is 9.02. The van der Waals surface area contributed by atoms with Gasteiger partial charge in [-0.05, 0) is 65.4 Å². The molecular weight excluding hydrogens is 330 g/mol. The Morgan fingerprint density at radius 1 is 1.27 bits per heavy atom. The van der Waals surface area contributed by atoms with Crippen molar-refractivity contribution in [2.45, 2.75) is 57.6 Å². The molecule has 1 aliphatic rings. The SMILES string of the molecule is CN(C)Cc1n[nH]c(=O)c2ccc(C3(C(=O)OC(C)(C)C)CCC3)cc12. The summed E-state index contributed by atoms with van der Waals surface area (Å²) in [6.07, 6.45) is 2.54. The number of fused-ring (bicyclic) bond motifs is 1. The van der Waals surface area contributed by atoms with Gasteiger partial charge in [-0.1, -0.05) is 12.5 Å². The van der Waals surface area contributed by atoms with Crippen molar-refractivity contribution < 1.29 is 9.53 Å². The average Bonchev–Trinajstić information content (AvgIpc) is 2.47. The second-order valence-corrected chi connectivity index (χ2v) is 8.44. The molecule has 0 aliphatic heterocycles. The number of rotatable bonds is 4. The van der Waals surface area contributed by atoms with E-state index in [1.165, 1.54) is 0 Å². The molecule has 0 unspecified atom stereocenters. The zero-order valence-corrected chi connectivity index (χ0v) is 16.2. The molecule has 0 spiro atoms. The Balaban J connectivity index is 2.10.